The van der Waals surface area contributed by atoms with E-state index in [-0.39, 0.29) is 41.7 Å². The summed E-state index contributed by atoms with van der Waals surface area (Å²) in [7, 11) is 0. The van der Waals surface area contributed by atoms with Gasteiger partial charge in [-0.2, -0.15) is 14.8 Å². The Hall–Kier alpha value is -6.44. The zero-order chi connectivity index (χ0) is 38.1. The Morgan fingerprint density at radius 3 is 2.35 bits per heavy atom. The topological polar surface area (TPSA) is 258 Å². The van der Waals surface area contributed by atoms with Crippen molar-refractivity contribution in [2.45, 2.75) is 55.7 Å². The highest BCUT2D eigenvalue weighted by Crippen LogP contribution is 2.40. The Kier molecular flexibility index (Phi) is 9.79. The van der Waals surface area contributed by atoms with Gasteiger partial charge in [0.25, 0.3) is 0 Å². The lowest BCUT2D eigenvalue weighted by Crippen LogP contribution is -2.40. The van der Waals surface area contributed by atoms with Crippen LogP contribution in [-0.4, -0.2) is 114 Å². The van der Waals surface area contributed by atoms with Gasteiger partial charge in [-0.05, 0) is 65.6 Å². The summed E-state index contributed by atoms with van der Waals surface area (Å²) in [4.78, 5) is 34.6. The van der Waals surface area contributed by atoms with Gasteiger partial charge >= 0.3 is 6.03 Å². The fourth-order valence-electron chi connectivity index (χ4n) is 7.25. The van der Waals surface area contributed by atoms with Crippen molar-refractivity contribution < 1.29 is 30.3 Å². The van der Waals surface area contributed by atoms with E-state index in [0.29, 0.717) is 54.7 Å². The van der Waals surface area contributed by atoms with Crippen LogP contribution in [0.25, 0.3) is 11.2 Å². The molecule has 6 aromatic rings. The average molecular weight is 750 g/mol. The Bertz CT molecular complexity index is 2210. The lowest BCUT2D eigenvalue weighted by Gasteiger charge is -2.22. The maximum Gasteiger partial charge on any atom is 0.319 e. The highest BCUT2D eigenvalue weighted by Gasteiger charge is 2.45. The number of pyridine rings is 1. The number of amides is 2. The first kappa shape index (κ1) is 35.6. The molecule has 4 aromatic heterocycles. The van der Waals surface area contributed by atoms with Crippen molar-refractivity contribution in [3.8, 4) is 11.5 Å². The number of benzene rings is 2. The van der Waals surface area contributed by atoms with Crippen molar-refractivity contribution >= 4 is 34.6 Å². The van der Waals surface area contributed by atoms with E-state index in [1.807, 2.05) is 29.2 Å². The van der Waals surface area contributed by atoms with Crippen LogP contribution in [0.1, 0.15) is 47.8 Å². The molecule has 2 aromatic carbocycles. The van der Waals surface area contributed by atoms with Gasteiger partial charge in [0, 0.05) is 37.8 Å². The molecule has 284 valence electrons. The second-order valence-electron chi connectivity index (χ2n) is 13.6. The fourth-order valence-corrected chi connectivity index (χ4v) is 7.25. The predicted molar refractivity (Wildman–Crippen MR) is 197 cm³/mol. The number of rotatable bonds is 11. The van der Waals surface area contributed by atoms with E-state index in [2.05, 4.69) is 36.3 Å². The van der Waals surface area contributed by atoms with Gasteiger partial charge in [0.2, 0.25) is 5.95 Å². The van der Waals surface area contributed by atoms with Gasteiger partial charge in [-0.15, -0.1) is 10.2 Å². The third-order valence-electron chi connectivity index (χ3n) is 10.1. The van der Waals surface area contributed by atoms with Crippen LogP contribution in [-0.2, 0) is 6.61 Å². The van der Waals surface area contributed by atoms with Gasteiger partial charge in [-0.25, -0.2) is 9.78 Å². The van der Waals surface area contributed by atoms with Gasteiger partial charge in [-0.1, -0.05) is 24.3 Å². The van der Waals surface area contributed by atoms with E-state index in [4.69, 9.17) is 15.0 Å². The van der Waals surface area contributed by atoms with Gasteiger partial charge in [0.1, 0.15) is 36.4 Å². The van der Waals surface area contributed by atoms with E-state index in [1.54, 1.807) is 59.7 Å². The van der Waals surface area contributed by atoms with E-state index in [0.717, 1.165) is 11.1 Å². The molecule has 1 saturated carbocycles. The number of carbonyl (C=O) groups excluding carboxylic acids is 1. The van der Waals surface area contributed by atoms with E-state index in [1.165, 1.54) is 4.80 Å². The highest BCUT2D eigenvalue weighted by molar-refractivity contribution is 5.89. The first-order valence-corrected chi connectivity index (χ1v) is 17.8. The number of hydrogen-bond donors (Lipinski definition) is 8. The molecular weight excluding hydrogens is 710 g/mol. The van der Waals surface area contributed by atoms with Crippen LogP contribution < -0.4 is 20.9 Å². The summed E-state index contributed by atoms with van der Waals surface area (Å²) in [5, 5.41) is 73.1. The minimum Gasteiger partial charge on any atom is -0.508 e. The quantitative estimate of drug-likeness (QED) is 0.0937. The molecule has 0 unspecified atom stereocenters. The minimum atomic E-state index is -1.25. The second-order valence-corrected chi connectivity index (χ2v) is 13.6. The monoisotopic (exact) mass is 749 g/mol. The van der Waals surface area contributed by atoms with Crippen LogP contribution in [0.2, 0.25) is 0 Å². The zero-order valence-corrected chi connectivity index (χ0v) is 29.3. The summed E-state index contributed by atoms with van der Waals surface area (Å²) in [5.41, 5.74) is 3.22. The molecule has 2 amide bonds. The number of aliphatic hydroxyl groups excluding tert-OH is 3. The van der Waals surface area contributed by atoms with Crippen LogP contribution >= 0.6 is 0 Å². The molecule has 0 spiro atoms. The standard InChI is InChI=1S/C36H39N13O6/c50-18-29-44-46-49(45-29)28-14-27(31(53)32(28)54)48-19-39-30-33(38-16-26(20-3-7-24(51)8-4-20)21-5-9-25(52)10-6-21)42-35(43-34(30)48)47-13-11-23(17-47)41-36(55)40-22-2-1-12-37-15-22/h1-10,12,15,19,23,26-28,31-32,50-54H,11,13-14,16-18H2,(H,38,42,43)(H2,40,41,55)/t23-,27-,28+,31+,32-/m1/s1. The van der Waals surface area contributed by atoms with Gasteiger partial charge in [-0.3, -0.25) is 4.98 Å². The number of anilines is 3. The SMILES string of the molecule is O=C(Nc1cccnc1)N[C@@H]1CCN(c2nc(NCC(c3ccc(O)cc3)c3ccc(O)cc3)c3ncn([C@@H]4C[C@H](n5nnc(CO)n5)[C@@H](O)[C@H]4O)c3n2)C1. The molecular formula is C36H39N13O6. The summed E-state index contributed by atoms with van der Waals surface area (Å²) in [6.07, 6.45) is 3.09. The number of phenolic OH excluding ortho intramolecular Hbond substituents is 2. The first-order chi connectivity index (χ1) is 26.7. The maximum atomic E-state index is 12.8. The predicted octanol–water partition coefficient (Wildman–Crippen LogP) is 1.66. The first-order valence-electron chi connectivity index (χ1n) is 17.8. The number of tetrazole rings is 1. The van der Waals surface area contributed by atoms with Gasteiger partial charge < -0.3 is 51.0 Å². The van der Waals surface area contributed by atoms with Gasteiger partial charge in [0.05, 0.1) is 24.3 Å². The Morgan fingerprint density at radius 2 is 1.67 bits per heavy atom. The Morgan fingerprint density at radius 1 is 0.945 bits per heavy atom. The van der Waals surface area contributed by atoms with Crippen LogP contribution in [0.15, 0.2) is 79.4 Å². The van der Waals surface area contributed by atoms with Crippen molar-refractivity contribution in [1.82, 2.24) is 50.0 Å². The number of aromatic nitrogens is 9. The third-order valence-corrected chi connectivity index (χ3v) is 10.1. The number of urea groups is 1. The number of imidazole rings is 1. The van der Waals surface area contributed by atoms with E-state index in [9.17, 15) is 30.3 Å². The van der Waals surface area contributed by atoms with Crippen LogP contribution in [0.4, 0.5) is 22.2 Å². The largest absolute Gasteiger partial charge is 0.508 e. The normalized spacial score (nSPS) is 21.0. The van der Waals surface area contributed by atoms with Gasteiger partial charge in [0.15, 0.2) is 22.8 Å². The molecule has 2 aliphatic rings. The third kappa shape index (κ3) is 7.39. The number of nitrogens with one attached hydrogen (secondary N) is 3. The summed E-state index contributed by atoms with van der Waals surface area (Å²) in [6.45, 7) is 0.878. The van der Waals surface area contributed by atoms with Crippen molar-refractivity contribution in [2.24, 2.45) is 0 Å². The molecule has 0 radical (unpaired) electrons. The van der Waals surface area contributed by atoms with Crippen LogP contribution in [0, 0.1) is 0 Å². The zero-order valence-electron chi connectivity index (χ0n) is 29.3. The van der Waals surface area contributed by atoms with Crippen molar-refractivity contribution in [1.29, 1.82) is 0 Å². The average Bonchev–Trinajstić information content (AvgIpc) is 4.01. The second kappa shape index (κ2) is 15.1. The lowest BCUT2D eigenvalue weighted by molar-refractivity contribution is 0.00469. The maximum absolute atomic E-state index is 12.8. The minimum absolute atomic E-state index is 0.0946. The number of aromatic hydroxyl groups is 2. The number of carbonyl (C=O) groups is 1. The van der Waals surface area contributed by atoms with Crippen LogP contribution in [0.5, 0.6) is 11.5 Å². The molecule has 55 heavy (non-hydrogen) atoms. The Balaban J connectivity index is 1.11. The molecule has 2 fully saturated rings. The summed E-state index contributed by atoms with van der Waals surface area (Å²) in [5.74, 6) is 0.921. The van der Waals surface area contributed by atoms with E-state index >= 15 is 0 Å². The lowest BCUT2D eigenvalue weighted by atomic mass is 9.91. The van der Waals surface area contributed by atoms with Crippen LogP contribution in [0.3, 0.4) is 0 Å². The van der Waals surface area contributed by atoms with Crippen molar-refractivity contribution in [3.05, 3.63) is 96.3 Å². The molecule has 1 aliphatic carbocycles. The molecule has 19 nitrogen and oxygen atoms in total. The number of hydrogen-bond acceptors (Lipinski definition) is 15. The summed E-state index contributed by atoms with van der Waals surface area (Å²) < 4.78 is 1.72. The summed E-state index contributed by atoms with van der Waals surface area (Å²) >= 11 is 0. The number of fused-ring (bicyclic) bond motifs is 1. The molecule has 8 N–H and O–H groups in total. The summed E-state index contributed by atoms with van der Waals surface area (Å²) in [6, 6.07) is 15.3. The molecule has 19 heteroatoms. The molecule has 0 bridgehead atoms. The smallest absolute Gasteiger partial charge is 0.319 e. The Labute approximate surface area is 313 Å². The van der Waals surface area contributed by atoms with Crippen molar-refractivity contribution in [2.75, 3.05) is 35.2 Å². The molecule has 5 atom stereocenters. The number of phenols is 2. The molecule has 1 saturated heterocycles. The van der Waals surface area contributed by atoms with Crippen molar-refractivity contribution in [3.63, 3.8) is 0 Å². The molecule has 1 aliphatic heterocycles. The number of nitrogens with zero attached hydrogens (tertiary/aromatic N) is 10. The molecule has 8 rings (SSSR count). The highest BCUT2D eigenvalue weighted by atomic mass is 16.3. The number of aliphatic hydroxyl groups is 3. The van der Waals surface area contributed by atoms with E-state index < -0.39 is 30.9 Å². The molecule has 5 heterocycles. The fraction of sp³-hybridized carbons (Fsp3) is 0.333.